The Morgan fingerprint density at radius 2 is 2.24 bits per heavy atom. The van der Waals surface area contributed by atoms with E-state index in [9.17, 15) is 4.79 Å². The van der Waals surface area contributed by atoms with Crippen LogP contribution in [0.5, 0.6) is 5.75 Å². The zero-order chi connectivity index (χ0) is 15.0. The second-order valence-electron chi connectivity index (χ2n) is 4.82. The molecule has 0 saturated heterocycles. The van der Waals surface area contributed by atoms with Crippen molar-refractivity contribution >= 4 is 37.5 Å². The molecule has 1 atom stereocenters. The number of hydrogen-bond donors (Lipinski definition) is 1. The van der Waals surface area contributed by atoms with Gasteiger partial charge in [0.2, 0.25) is 0 Å². The summed E-state index contributed by atoms with van der Waals surface area (Å²) >= 11 is 6.82. The average Bonchev–Trinajstić information content (AvgIpc) is 2.48. The molecule has 0 bridgehead atoms. The SMILES string of the molecule is Cn1ncc(NC2CCOc3ccc(Br)cc32)c(Br)c1=O. The molecule has 1 aromatic heterocycles. The molecular weight excluding hydrogens is 402 g/mol. The molecule has 7 heteroatoms. The van der Waals surface area contributed by atoms with E-state index in [0.717, 1.165) is 22.2 Å². The maximum Gasteiger partial charge on any atom is 0.282 e. The first-order valence-corrected chi connectivity index (χ1v) is 8.05. The van der Waals surface area contributed by atoms with Gasteiger partial charge in [0.25, 0.3) is 5.56 Å². The number of hydrogen-bond acceptors (Lipinski definition) is 4. The first-order valence-electron chi connectivity index (χ1n) is 6.47. The maximum absolute atomic E-state index is 11.9. The van der Waals surface area contributed by atoms with Gasteiger partial charge < -0.3 is 10.1 Å². The van der Waals surface area contributed by atoms with Gasteiger partial charge in [-0.1, -0.05) is 15.9 Å². The van der Waals surface area contributed by atoms with Gasteiger partial charge in [-0.15, -0.1) is 0 Å². The Hall–Kier alpha value is -1.34. The number of ether oxygens (including phenoxy) is 1. The molecule has 0 fully saturated rings. The van der Waals surface area contributed by atoms with Crippen LogP contribution in [0.1, 0.15) is 18.0 Å². The van der Waals surface area contributed by atoms with Crippen molar-refractivity contribution in [3.63, 3.8) is 0 Å². The molecule has 1 unspecified atom stereocenters. The van der Waals surface area contributed by atoms with Gasteiger partial charge >= 0.3 is 0 Å². The number of aromatic nitrogens is 2. The van der Waals surface area contributed by atoms with Crippen LogP contribution in [-0.4, -0.2) is 16.4 Å². The van der Waals surface area contributed by atoms with Crippen molar-refractivity contribution < 1.29 is 4.74 Å². The van der Waals surface area contributed by atoms with Crippen LogP contribution in [0.4, 0.5) is 5.69 Å². The maximum atomic E-state index is 11.9. The van der Waals surface area contributed by atoms with Crippen molar-refractivity contribution in [1.82, 2.24) is 9.78 Å². The normalized spacial score (nSPS) is 17.0. The Morgan fingerprint density at radius 3 is 3.05 bits per heavy atom. The predicted octanol–water partition coefficient (Wildman–Crippen LogP) is 3.24. The molecule has 0 amide bonds. The summed E-state index contributed by atoms with van der Waals surface area (Å²) in [5, 5.41) is 7.43. The Labute approximate surface area is 138 Å². The molecule has 5 nitrogen and oxygen atoms in total. The minimum atomic E-state index is -0.165. The Balaban J connectivity index is 1.96. The van der Waals surface area contributed by atoms with Crippen LogP contribution in [0.15, 0.2) is 38.1 Å². The third-order valence-corrected chi connectivity index (χ3v) is 4.68. The fraction of sp³-hybridized carbons (Fsp3) is 0.286. The van der Waals surface area contributed by atoms with Gasteiger partial charge in [-0.05, 0) is 34.1 Å². The molecule has 21 heavy (non-hydrogen) atoms. The molecule has 2 heterocycles. The number of aryl methyl sites for hydroxylation is 1. The van der Waals surface area contributed by atoms with Crippen molar-refractivity contribution in [3.8, 4) is 5.75 Å². The average molecular weight is 415 g/mol. The predicted molar refractivity (Wildman–Crippen MR) is 87.8 cm³/mol. The Kier molecular flexibility index (Phi) is 4.03. The van der Waals surface area contributed by atoms with E-state index in [1.54, 1.807) is 13.2 Å². The number of benzene rings is 1. The van der Waals surface area contributed by atoms with Crippen molar-refractivity contribution in [3.05, 3.63) is 49.3 Å². The van der Waals surface area contributed by atoms with Crippen LogP contribution in [0, 0.1) is 0 Å². The number of halogens is 2. The highest BCUT2D eigenvalue weighted by molar-refractivity contribution is 9.10. The Morgan fingerprint density at radius 1 is 1.43 bits per heavy atom. The summed E-state index contributed by atoms with van der Waals surface area (Å²) in [5.74, 6) is 0.870. The van der Waals surface area contributed by atoms with E-state index in [1.165, 1.54) is 4.68 Å². The van der Waals surface area contributed by atoms with E-state index >= 15 is 0 Å². The van der Waals surface area contributed by atoms with E-state index < -0.39 is 0 Å². The van der Waals surface area contributed by atoms with E-state index in [2.05, 4.69) is 42.3 Å². The number of nitrogens with zero attached hydrogens (tertiary/aromatic N) is 2. The molecular formula is C14H13Br2N3O2. The first kappa shape index (κ1) is 14.6. The topological polar surface area (TPSA) is 56.1 Å². The van der Waals surface area contributed by atoms with Gasteiger partial charge in [0, 0.05) is 23.5 Å². The molecule has 1 aliphatic heterocycles. The quantitative estimate of drug-likeness (QED) is 0.819. The molecule has 1 aromatic carbocycles. The van der Waals surface area contributed by atoms with E-state index in [0.29, 0.717) is 16.8 Å². The highest BCUT2D eigenvalue weighted by Gasteiger charge is 2.23. The van der Waals surface area contributed by atoms with Gasteiger partial charge in [0.15, 0.2) is 0 Å². The van der Waals surface area contributed by atoms with Crippen molar-refractivity contribution in [2.24, 2.45) is 7.05 Å². The minimum absolute atomic E-state index is 0.0801. The summed E-state index contributed by atoms with van der Waals surface area (Å²) in [6.07, 6.45) is 2.48. The van der Waals surface area contributed by atoms with Gasteiger partial charge in [-0.3, -0.25) is 4.79 Å². The lowest BCUT2D eigenvalue weighted by Crippen LogP contribution is -2.24. The van der Waals surface area contributed by atoms with Crippen LogP contribution in [0.2, 0.25) is 0 Å². The summed E-state index contributed by atoms with van der Waals surface area (Å²) in [4.78, 5) is 11.9. The fourth-order valence-electron chi connectivity index (χ4n) is 2.31. The lowest BCUT2D eigenvalue weighted by Gasteiger charge is -2.27. The van der Waals surface area contributed by atoms with Crippen molar-refractivity contribution in [2.75, 3.05) is 11.9 Å². The Bertz CT molecular complexity index is 745. The van der Waals surface area contributed by atoms with E-state index in [4.69, 9.17) is 4.74 Å². The lowest BCUT2D eigenvalue weighted by molar-refractivity contribution is 0.274. The van der Waals surface area contributed by atoms with Crippen LogP contribution >= 0.6 is 31.9 Å². The number of anilines is 1. The van der Waals surface area contributed by atoms with Gasteiger partial charge in [0.05, 0.1) is 24.5 Å². The number of fused-ring (bicyclic) bond motifs is 1. The minimum Gasteiger partial charge on any atom is -0.493 e. The van der Waals surface area contributed by atoms with Crippen molar-refractivity contribution in [2.45, 2.75) is 12.5 Å². The van der Waals surface area contributed by atoms with Crippen molar-refractivity contribution in [1.29, 1.82) is 0 Å². The van der Waals surface area contributed by atoms with Crippen LogP contribution < -0.4 is 15.6 Å². The smallest absolute Gasteiger partial charge is 0.282 e. The van der Waals surface area contributed by atoms with Gasteiger partial charge in [0.1, 0.15) is 10.2 Å². The molecule has 1 aliphatic rings. The van der Waals surface area contributed by atoms with E-state index in [1.807, 2.05) is 18.2 Å². The molecule has 2 aromatic rings. The molecule has 3 rings (SSSR count). The zero-order valence-electron chi connectivity index (χ0n) is 11.3. The van der Waals surface area contributed by atoms with Gasteiger partial charge in [-0.2, -0.15) is 5.10 Å². The van der Waals surface area contributed by atoms with E-state index in [-0.39, 0.29) is 11.6 Å². The molecule has 0 radical (unpaired) electrons. The second kappa shape index (κ2) is 5.81. The summed E-state index contributed by atoms with van der Waals surface area (Å²) in [7, 11) is 1.62. The lowest BCUT2D eigenvalue weighted by atomic mass is 10.0. The molecule has 0 aliphatic carbocycles. The van der Waals surface area contributed by atoms with Crippen LogP contribution in [-0.2, 0) is 7.05 Å². The third-order valence-electron chi connectivity index (χ3n) is 3.42. The fourth-order valence-corrected chi connectivity index (χ4v) is 3.17. The third kappa shape index (κ3) is 2.85. The highest BCUT2D eigenvalue weighted by atomic mass is 79.9. The second-order valence-corrected chi connectivity index (χ2v) is 6.53. The largest absolute Gasteiger partial charge is 0.493 e. The highest BCUT2D eigenvalue weighted by Crippen LogP contribution is 2.36. The zero-order valence-corrected chi connectivity index (χ0v) is 14.4. The number of rotatable bonds is 2. The first-order chi connectivity index (χ1) is 10.1. The summed E-state index contributed by atoms with van der Waals surface area (Å²) in [5.41, 5.74) is 1.60. The molecule has 110 valence electrons. The summed E-state index contributed by atoms with van der Waals surface area (Å²) in [6.45, 7) is 0.641. The number of nitrogens with one attached hydrogen (secondary N) is 1. The molecule has 1 N–H and O–H groups in total. The monoisotopic (exact) mass is 413 g/mol. The molecule has 0 spiro atoms. The van der Waals surface area contributed by atoms with Crippen LogP contribution in [0.3, 0.4) is 0 Å². The van der Waals surface area contributed by atoms with Gasteiger partial charge in [-0.25, -0.2) is 4.68 Å². The molecule has 0 saturated carbocycles. The summed E-state index contributed by atoms with van der Waals surface area (Å²) < 4.78 is 8.45. The standard InChI is InChI=1S/C14H13Br2N3O2/c1-19-14(20)13(16)11(7-17-19)18-10-4-5-21-12-3-2-8(15)6-9(10)12/h2-3,6-7,10,18H,4-5H2,1H3. The summed E-state index contributed by atoms with van der Waals surface area (Å²) in [6, 6.07) is 6.02. The van der Waals surface area contributed by atoms with Crippen LogP contribution in [0.25, 0.3) is 0 Å².